The molecule has 1 atom stereocenters. The van der Waals surface area contributed by atoms with Crippen molar-refractivity contribution >= 4 is 0 Å². The number of ether oxygens (including phenoxy) is 1. The monoisotopic (exact) mass is 260 g/mol. The number of aliphatic hydroxyl groups is 1. The molecular weight excluding hydrogens is 244 g/mol. The van der Waals surface area contributed by atoms with Gasteiger partial charge in [0.05, 0.1) is 6.10 Å². The highest BCUT2D eigenvalue weighted by Crippen LogP contribution is 2.38. The van der Waals surface area contributed by atoms with Crippen LogP contribution in [-0.2, 0) is 6.61 Å². The Balaban J connectivity index is 1.67. The smallest absolute Gasteiger partial charge is 0.264 e. The minimum atomic E-state index is -0.569. The standard InChI is InChI=1S/C14H16N2O3/c1-9(17)11-4-2-3-5-12(11)18-8-13-15-14(16-19-13)10-6-7-10/h2-5,9-10,17H,6-8H2,1H3. The van der Waals surface area contributed by atoms with Crippen molar-refractivity contribution in [3.63, 3.8) is 0 Å². The van der Waals surface area contributed by atoms with E-state index in [4.69, 9.17) is 9.26 Å². The Labute approximate surface area is 111 Å². The van der Waals surface area contributed by atoms with Crippen LogP contribution in [0.15, 0.2) is 28.8 Å². The molecule has 1 aromatic heterocycles. The van der Waals surface area contributed by atoms with Crippen LogP contribution in [-0.4, -0.2) is 15.2 Å². The average Bonchev–Trinajstić information content (AvgIpc) is 3.16. The molecule has 1 unspecified atom stereocenters. The van der Waals surface area contributed by atoms with Crippen LogP contribution in [0.5, 0.6) is 5.75 Å². The van der Waals surface area contributed by atoms with Gasteiger partial charge in [0.15, 0.2) is 12.4 Å². The Morgan fingerprint density at radius 1 is 1.42 bits per heavy atom. The van der Waals surface area contributed by atoms with Gasteiger partial charge in [0.25, 0.3) is 5.89 Å². The van der Waals surface area contributed by atoms with Crippen molar-refractivity contribution in [2.45, 2.75) is 38.4 Å². The molecule has 5 heteroatoms. The molecule has 100 valence electrons. The molecule has 1 saturated carbocycles. The van der Waals surface area contributed by atoms with Crippen molar-refractivity contribution in [1.29, 1.82) is 0 Å². The molecule has 0 aliphatic heterocycles. The van der Waals surface area contributed by atoms with Gasteiger partial charge in [0.2, 0.25) is 0 Å². The molecule has 3 rings (SSSR count). The number of rotatable bonds is 5. The van der Waals surface area contributed by atoms with Crippen LogP contribution in [0.3, 0.4) is 0 Å². The molecule has 1 N–H and O–H groups in total. The average molecular weight is 260 g/mol. The third kappa shape index (κ3) is 2.76. The maximum atomic E-state index is 9.66. The molecule has 1 aromatic carbocycles. The molecule has 1 aliphatic carbocycles. The molecule has 0 amide bonds. The van der Waals surface area contributed by atoms with Gasteiger partial charge in [0, 0.05) is 11.5 Å². The lowest BCUT2D eigenvalue weighted by atomic mass is 10.1. The third-order valence-corrected chi connectivity index (χ3v) is 3.15. The van der Waals surface area contributed by atoms with Crippen LogP contribution in [0, 0.1) is 0 Å². The van der Waals surface area contributed by atoms with Crippen LogP contribution in [0.25, 0.3) is 0 Å². The predicted octanol–water partition coefficient (Wildman–Crippen LogP) is 2.58. The summed E-state index contributed by atoms with van der Waals surface area (Å²) in [5, 5.41) is 13.6. The summed E-state index contributed by atoms with van der Waals surface area (Å²) < 4.78 is 10.8. The van der Waals surface area contributed by atoms with Gasteiger partial charge < -0.3 is 14.4 Å². The Morgan fingerprint density at radius 2 is 2.21 bits per heavy atom. The second kappa shape index (κ2) is 5.01. The van der Waals surface area contributed by atoms with Gasteiger partial charge in [-0.15, -0.1) is 0 Å². The zero-order valence-electron chi connectivity index (χ0n) is 10.7. The van der Waals surface area contributed by atoms with E-state index in [1.165, 1.54) is 0 Å². The summed E-state index contributed by atoms with van der Waals surface area (Å²) in [6.45, 7) is 1.93. The molecule has 0 spiro atoms. The van der Waals surface area contributed by atoms with E-state index in [1.54, 1.807) is 6.92 Å². The zero-order chi connectivity index (χ0) is 13.2. The summed E-state index contributed by atoms with van der Waals surface area (Å²) in [6.07, 6.45) is 1.72. The van der Waals surface area contributed by atoms with Crippen LogP contribution < -0.4 is 4.74 Å². The van der Waals surface area contributed by atoms with Crippen molar-refractivity contribution in [1.82, 2.24) is 10.1 Å². The summed E-state index contributed by atoms with van der Waals surface area (Å²) in [7, 11) is 0. The molecule has 1 aliphatic rings. The molecule has 0 bridgehead atoms. The fraction of sp³-hybridized carbons (Fsp3) is 0.429. The largest absolute Gasteiger partial charge is 0.483 e. The van der Waals surface area contributed by atoms with Gasteiger partial charge in [-0.25, -0.2) is 0 Å². The summed E-state index contributed by atoms with van der Waals surface area (Å²) in [4.78, 5) is 4.30. The van der Waals surface area contributed by atoms with E-state index in [2.05, 4.69) is 10.1 Å². The van der Waals surface area contributed by atoms with E-state index < -0.39 is 6.10 Å². The number of hydrogen-bond donors (Lipinski definition) is 1. The highest BCUT2D eigenvalue weighted by molar-refractivity contribution is 5.34. The van der Waals surface area contributed by atoms with Gasteiger partial charge in [0.1, 0.15) is 5.75 Å². The molecule has 0 saturated heterocycles. The molecule has 2 aromatic rings. The maximum absolute atomic E-state index is 9.66. The van der Waals surface area contributed by atoms with E-state index in [0.29, 0.717) is 17.6 Å². The van der Waals surface area contributed by atoms with Crippen LogP contribution >= 0.6 is 0 Å². The summed E-state index contributed by atoms with van der Waals surface area (Å²) >= 11 is 0. The first-order chi connectivity index (χ1) is 9.24. The van der Waals surface area contributed by atoms with E-state index in [9.17, 15) is 5.11 Å². The van der Waals surface area contributed by atoms with E-state index in [-0.39, 0.29) is 6.61 Å². The van der Waals surface area contributed by atoms with Crippen molar-refractivity contribution in [2.75, 3.05) is 0 Å². The van der Waals surface area contributed by atoms with E-state index in [0.717, 1.165) is 24.2 Å². The first-order valence-electron chi connectivity index (χ1n) is 6.46. The fourth-order valence-corrected chi connectivity index (χ4v) is 1.93. The molecule has 1 heterocycles. The fourth-order valence-electron chi connectivity index (χ4n) is 1.93. The lowest BCUT2D eigenvalue weighted by molar-refractivity contribution is 0.185. The lowest BCUT2D eigenvalue weighted by Gasteiger charge is -2.11. The minimum absolute atomic E-state index is 0.226. The van der Waals surface area contributed by atoms with Gasteiger partial charge in [-0.2, -0.15) is 4.98 Å². The number of para-hydroxylation sites is 1. The number of aliphatic hydroxyl groups excluding tert-OH is 1. The SMILES string of the molecule is CC(O)c1ccccc1OCc1nc(C2CC2)no1. The van der Waals surface area contributed by atoms with Gasteiger partial charge in [-0.1, -0.05) is 23.4 Å². The highest BCUT2D eigenvalue weighted by atomic mass is 16.5. The van der Waals surface area contributed by atoms with Crippen LogP contribution in [0.1, 0.15) is 49.1 Å². The van der Waals surface area contributed by atoms with Gasteiger partial charge in [-0.05, 0) is 25.8 Å². The molecular formula is C14H16N2O3. The first-order valence-corrected chi connectivity index (χ1v) is 6.46. The third-order valence-electron chi connectivity index (χ3n) is 3.15. The topological polar surface area (TPSA) is 68.4 Å². The Kier molecular flexibility index (Phi) is 3.21. The number of hydrogen-bond acceptors (Lipinski definition) is 5. The Bertz CT molecular complexity index is 561. The van der Waals surface area contributed by atoms with E-state index in [1.807, 2.05) is 24.3 Å². The zero-order valence-corrected chi connectivity index (χ0v) is 10.7. The minimum Gasteiger partial charge on any atom is -0.483 e. The molecule has 19 heavy (non-hydrogen) atoms. The maximum Gasteiger partial charge on any atom is 0.264 e. The van der Waals surface area contributed by atoms with Crippen molar-refractivity contribution < 1.29 is 14.4 Å². The van der Waals surface area contributed by atoms with Crippen molar-refractivity contribution in [2.24, 2.45) is 0 Å². The van der Waals surface area contributed by atoms with Gasteiger partial charge in [-0.3, -0.25) is 0 Å². The molecule has 1 fully saturated rings. The van der Waals surface area contributed by atoms with Gasteiger partial charge >= 0.3 is 0 Å². The molecule has 0 radical (unpaired) electrons. The first kappa shape index (κ1) is 12.2. The van der Waals surface area contributed by atoms with Crippen molar-refractivity contribution in [3.05, 3.63) is 41.5 Å². The number of aromatic nitrogens is 2. The summed E-state index contributed by atoms with van der Waals surface area (Å²) in [5.41, 5.74) is 0.754. The van der Waals surface area contributed by atoms with E-state index >= 15 is 0 Å². The highest BCUT2D eigenvalue weighted by Gasteiger charge is 2.28. The summed E-state index contributed by atoms with van der Waals surface area (Å²) in [5.74, 6) is 2.37. The second-order valence-electron chi connectivity index (χ2n) is 4.82. The quantitative estimate of drug-likeness (QED) is 0.894. The van der Waals surface area contributed by atoms with Crippen LogP contribution in [0.2, 0.25) is 0 Å². The summed E-state index contributed by atoms with van der Waals surface area (Å²) in [6, 6.07) is 7.39. The van der Waals surface area contributed by atoms with Crippen LogP contribution in [0.4, 0.5) is 0 Å². The normalized spacial score (nSPS) is 16.3. The Morgan fingerprint density at radius 3 is 2.95 bits per heavy atom. The Hall–Kier alpha value is -1.88. The number of benzene rings is 1. The second-order valence-corrected chi connectivity index (χ2v) is 4.82. The lowest BCUT2D eigenvalue weighted by Crippen LogP contribution is -2.01. The predicted molar refractivity (Wildman–Crippen MR) is 67.7 cm³/mol. The van der Waals surface area contributed by atoms with Crippen molar-refractivity contribution in [3.8, 4) is 5.75 Å². The molecule has 5 nitrogen and oxygen atoms in total. The number of nitrogens with zero attached hydrogens (tertiary/aromatic N) is 2.